The number of hydrogen-bond donors (Lipinski definition) is 2. The number of rotatable bonds is 4. The van der Waals surface area contributed by atoms with E-state index in [1.807, 2.05) is 4.72 Å². The Hall–Kier alpha value is -2.56. The predicted octanol–water partition coefficient (Wildman–Crippen LogP) is 2.32. The maximum Gasteiger partial charge on any atom is 0.417 e. The Morgan fingerprint density at radius 3 is 2.57 bits per heavy atom. The third kappa shape index (κ3) is 4.45. The van der Waals surface area contributed by atoms with Gasteiger partial charge in [0.25, 0.3) is 5.91 Å². The van der Waals surface area contributed by atoms with Crippen LogP contribution in [0, 0.1) is 0 Å². The largest absolute Gasteiger partial charge is 0.459 e. The second kappa shape index (κ2) is 5.91. The molecule has 0 aliphatic heterocycles. The van der Waals surface area contributed by atoms with Crippen molar-refractivity contribution in [2.75, 3.05) is 16.3 Å². The SMILES string of the molecule is CS(=O)(=O)Nc1ncc(C(F)(F)F)cc1NC(=O)c1ccco1. The number of nitrogens with one attached hydrogen (secondary N) is 2. The van der Waals surface area contributed by atoms with Crippen LogP contribution in [0.25, 0.3) is 0 Å². The van der Waals surface area contributed by atoms with E-state index in [-0.39, 0.29) is 5.76 Å². The minimum atomic E-state index is -4.71. The first-order chi connectivity index (χ1) is 10.6. The van der Waals surface area contributed by atoms with E-state index >= 15 is 0 Å². The summed E-state index contributed by atoms with van der Waals surface area (Å²) in [6.45, 7) is 0. The van der Waals surface area contributed by atoms with Crippen LogP contribution < -0.4 is 10.0 Å². The fraction of sp³-hybridized carbons (Fsp3) is 0.167. The number of furan rings is 1. The van der Waals surface area contributed by atoms with Crippen LogP contribution in [0.4, 0.5) is 24.7 Å². The van der Waals surface area contributed by atoms with Gasteiger partial charge in [0.1, 0.15) is 0 Å². The number of carbonyl (C=O) groups excluding carboxylic acids is 1. The van der Waals surface area contributed by atoms with Gasteiger partial charge >= 0.3 is 6.18 Å². The van der Waals surface area contributed by atoms with E-state index in [1.54, 1.807) is 0 Å². The van der Waals surface area contributed by atoms with Crippen LogP contribution in [-0.4, -0.2) is 25.6 Å². The van der Waals surface area contributed by atoms with Gasteiger partial charge in [0.05, 0.1) is 23.8 Å². The number of hydrogen-bond acceptors (Lipinski definition) is 5. The number of pyridine rings is 1. The Labute approximate surface area is 128 Å². The molecule has 0 radical (unpaired) electrons. The second-order valence-electron chi connectivity index (χ2n) is 4.42. The average molecular weight is 349 g/mol. The molecule has 0 unspecified atom stereocenters. The summed E-state index contributed by atoms with van der Waals surface area (Å²) in [5, 5.41) is 2.13. The molecule has 0 aromatic carbocycles. The Morgan fingerprint density at radius 1 is 1.35 bits per heavy atom. The summed E-state index contributed by atoms with van der Waals surface area (Å²) in [4.78, 5) is 15.3. The molecule has 0 bridgehead atoms. The van der Waals surface area contributed by atoms with E-state index < -0.39 is 39.2 Å². The molecule has 2 aromatic rings. The fourth-order valence-electron chi connectivity index (χ4n) is 1.56. The molecule has 7 nitrogen and oxygen atoms in total. The molecule has 0 aliphatic carbocycles. The molecule has 0 saturated carbocycles. The number of halogens is 3. The van der Waals surface area contributed by atoms with Gasteiger partial charge < -0.3 is 9.73 Å². The lowest BCUT2D eigenvalue weighted by molar-refractivity contribution is -0.137. The van der Waals surface area contributed by atoms with Crippen molar-refractivity contribution in [3.8, 4) is 0 Å². The highest BCUT2D eigenvalue weighted by Crippen LogP contribution is 2.33. The summed E-state index contributed by atoms with van der Waals surface area (Å²) < 4.78 is 67.4. The Morgan fingerprint density at radius 2 is 2.04 bits per heavy atom. The topological polar surface area (TPSA) is 101 Å². The first-order valence-corrected chi connectivity index (χ1v) is 7.85. The molecule has 0 aliphatic rings. The maximum absolute atomic E-state index is 12.7. The van der Waals surface area contributed by atoms with Gasteiger partial charge in [0.15, 0.2) is 11.6 Å². The zero-order valence-corrected chi connectivity index (χ0v) is 12.3. The van der Waals surface area contributed by atoms with Crippen molar-refractivity contribution in [3.05, 3.63) is 42.0 Å². The quantitative estimate of drug-likeness (QED) is 0.882. The number of amides is 1. The molecule has 0 spiro atoms. The highest BCUT2D eigenvalue weighted by Gasteiger charge is 2.32. The summed E-state index contributed by atoms with van der Waals surface area (Å²) in [6.07, 6.45) is -2.25. The van der Waals surface area contributed by atoms with E-state index in [0.717, 1.165) is 6.26 Å². The second-order valence-corrected chi connectivity index (χ2v) is 6.17. The summed E-state index contributed by atoms with van der Waals surface area (Å²) in [6, 6.07) is 3.27. The van der Waals surface area contributed by atoms with Gasteiger partial charge in [0.2, 0.25) is 10.0 Å². The van der Waals surface area contributed by atoms with Gasteiger partial charge in [-0.2, -0.15) is 13.2 Å². The van der Waals surface area contributed by atoms with Crippen molar-refractivity contribution < 1.29 is 30.8 Å². The minimum absolute atomic E-state index is 0.160. The third-order valence-electron chi connectivity index (χ3n) is 2.49. The molecule has 0 atom stereocenters. The van der Waals surface area contributed by atoms with Crippen LogP contribution >= 0.6 is 0 Å². The zero-order valence-electron chi connectivity index (χ0n) is 11.5. The number of aromatic nitrogens is 1. The lowest BCUT2D eigenvalue weighted by atomic mass is 10.2. The predicted molar refractivity (Wildman–Crippen MR) is 74.4 cm³/mol. The lowest BCUT2D eigenvalue weighted by Gasteiger charge is -2.13. The Balaban J connectivity index is 2.41. The van der Waals surface area contributed by atoms with E-state index in [9.17, 15) is 26.4 Å². The number of alkyl halides is 3. The zero-order chi connectivity index (χ0) is 17.3. The number of sulfonamides is 1. The Kier molecular flexibility index (Phi) is 4.32. The van der Waals surface area contributed by atoms with Gasteiger partial charge in [0, 0.05) is 6.20 Å². The first-order valence-electron chi connectivity index (χ1n) is 5.96. The number of nitrogens with zero attached hydrogens (tertiary/aromatic N) is 1. The number of anilines is 2. The monoisotopic (exact) mass is 349 g/mol. The van der Waals surface area contributed by atoms with Crippen LogP contribution in [0.15, 0.2) is 35.1 Å². The molecule has 0 fully saturated rings. The van der Waals surface area contributed by atoms with Crippen LogP contribution in [0.1, 0.15) is 16.1 Å². The molecule has 11 heteroatoms. The van der Waals surface area contributed by atoms with E-state index in [1.165, 1.54) is 18.4 Å². The van der Waals surface area contributed by atoms with Crippen molar-refractivity contribution in [2.45, 2.75) is 6.18 Å². The molecule has 2 heterocycles. The summed E-state index contributed by atoms with van der Waals surface area (Å²) in [5.41, 5.74) is -1.60. The standard InChI is InChI=1S/C12H10F3N3O4S/c1-23(20,21)18-10-8(5-7(6-16-10)12(13,14)15)17-11(19)9-3-2-4-22-9/h2-6H,1H3,(H,16,18)(H,17,19). The van der Waals surface area contributed by atoms with Gasteiger partial charge in [-0.25, -0.2) is 13.4 Å². The first kappa shape index (κ1) is 16.8. The van der Waals surface area contributed by atoms with Crippen molar-refractivity contribution in [3.63, 3.8) is 0 Å². The molecule has 2 rings (SSSR count). The maximum atomic E-state index is 12.7. The molecule has 2 aromatic heterocycles. The highest BCUT2D eigenvalue weighted by molar-refractivity contribution is 7.92. The average Bonchev–Trinajstić information content (AvgIpc) is 2.91. The van der Waals surface area contributed by atoms with E-state index in [4.69, 9.17) is 4.42 Å². The molecule has 0 saturated heterocycles. The highest BCUT2D eigenvalue weighted by atomic mass is 32.2. The smallest absolute Gasteiger partial charge is 0.417 e. The molecule has 2 N–H and O–H groups in total. The fourth-order valence-corrected chi connectivity index (χ4v) is 2.08. The van der Waals surface area contributed by atoms with Crippen molar-refractivity contribution in [1.82, 2.24) is 4.98 Å². The summed E-state index contributed by atoms with van der Waals surface area (Å²) in [5.74, 6) is -1.46. The van der Waals surface area contributed by atoms with Gasteiger partial charge in [-0.3, -0.25) is 9.52 Å². The Bertz CT molecular complexity index is 817. The normalized spacial score (nSPS) is 12.0. The van der Waals surface area contributed by atoms with Gasteiger partial charge in [-0.05, 0) is 18.2 Å². The minimum Gasteiger partial charge on any atom is -0.459 e. The van der Waals surface area contributed by atoms with Gasteiger partial charge in [-0.1, -0.05) is 0 Å². The van der Waals surface area contributed by atoms with E-state index in [0.29, 0.717) is 12.3 Å². The van der Waals surface area contributed by atoms with E-state index in [2.05, 4.69) is 10.3 Å². The lowest BCUT2D eigenvalue weighted by Crippen LogP contribution is -2.18. The van der Waals surface area contributed by atoms with Crippen LogP contribution in [0.3, 0.4) is 0 Å². The van der Waals surface area contributed by atoms with Crippen LogP contribution in [0.2, 0.25) is 0 Å². The summed E-state index contributed by atoms with van der Waals surface area (Å²) >= 11 is 0. The molecular formula is C12H10F3N3O4S. The molecule has 124 valence electrons. The van der Waals surface area contributed by atoms with Gasteiger partial charge in [-0.15, -0.1) is 0 Å². The van der Waals surface area contributed by atoms with Crippen molar-refractivity contribution >= 4 is 27.4 Å². The van der Waals surface area contributed by atoms with Crippen molar-refractivity contribution in [1.29, 1.82) is 0 Å². The van der Waals surface area contributed by atoms with Crippen LogP contribution in [0.5, 0.6) is 0 Å². The molecular weight excluding hydrogens is 339 g/mol. The molecule has 23 heavy (non-hydrogen) atoms. The molecule has 1 amide bonds. The summed E-state index contributed by atoms with van der Waals surface area (Å²) in [7, 11) is -3.81. The van der Waals surface area contributed by atoms with Crippen LogP contribution in [-0.2, 0) is 16.2 Å². The van der Waals surface area contributed by atoms with Crippen molar-refractivity contribution in [2.24, 2.45) is 0 Å². The third-order valence-corrected chi connectivity index (χ3v) is 3.05. The number of carbonyl (C=O) groups is 1.